The molecule has 2 unspecified atom stereocenters. The Kier molecular flexibility index (Phi) is 4.49. The van der Waals surface area contributed by atoms with Crippen LogP contribution in [0.25, 0.3) is 0 Å². The lowest BCUT2D eigenvalue weighted by Crippen LogP contribution is -2.42. The van der Waals surface area contributed by atoms with Crippen molar-refractivity contribution in [2.75, 3.05) is 32.8 Å². The van der Waals surface area contributed by atoms with Gasteiger partial charge < -0.3 is 10.1 Å². The van der Waals surface area contributed by atoms with Crippen LogP contribution in [0, 0.1) is 5.92 Å². The van der Waals surface area contributed by atoms with E-state index in [1.54, 1.807) is 0 Å². The third kappa shape index (κ3) is 3.78. The topological polar surface area (TPSA) is 24.5 Å². The zero-order valence-corrected chi connectivity index (χ0v) is 11.6. The normalized spacial score (nSPS) is 28.6. The number of hydrogen-bond donors (Lipinski definition) is 1. The fourth-order valence-corrected chi connectivity index (χ4v) is 3.20. The molecule has 2 aliphatic rings. The van der Waals surface area contributed by atoms with Crippen LogP contribution in [0.5, 0.6) is 0 Å². The van der Waals surface area contributed by atoms with Crippen LogP contribution in [-0.2, 0) is 11.3 Å². The predicted octanol–water partition coefficient (Wildman–Crippen LogP) is 1.89. The molecule has 0 radical (unpaired) electrons. The molecule has 0 bridgehead atoms. The van der Waals surface area contributed by atoms with Gasteiger partial charge >= 0.3 is 0 Å². The second-order valence-electron chi connectivity index (χ2n) is 5.81. The molecule has 104 valence electrons. The first-order chi connectivity index (χ1) is 9.40. The van der Waals surface area contributed by atoms with Gasteiger partial charge in [0.1, 0.15) is 0 Å². The van der Waals surface area contributed by atoms with E-state index in [0.29, 0.717) is 6.10 Å². The Morgan fingerprint density at radius 2 is 2.16 bits per heavy atom. The highest BCUT2D eigenvalue weighted by atomic mass is 16.5. The summed E-state index contributed by atoms with van der Waals surface area (Å²) in [6.45, 7) is 6.46. The largest absolute Gasteiger partial charge is 0.376 e. The fourth-order valence-electron chi connectivity index (χ4n) is 3.20. The molecule has 0 amide bonds. The average molecular weight is 260 g/mol. The van der Waals surface area contributed by atoms with Crippen LogP contribution < -0.4 is 5.32 Å². The van der Waals surface area contributed by atoms with E-state index in [1.807, 2.05) is 0 Å². The van der Waals surface area contributed by atoms with Crippen LogP contribution in [0.15, 0.2) is 30.3 Å². The minimum Gasteiger partial charge on any atom is -0.376 e. The molecule has 2 heterocycles. The molecule has 0 saturated carbocycles. The van der Waals surface area contributed by atoms with E-state index in [1.165, 1.54) is 31.5 Å². The number of benzene rings is 1. The molecule has 2 saturated heterocycles. The number of hydrogen-bond acceptors (Lipinski definition) is 3. The van der Waals surface area contributed by atoms with Gasteiger partial charge in [-0.1, -0.05) is 30.3 Å². The smallest absolute Gasteiger partial charge is 0.0705 e. The third-order valence-corrected chi connectivity index (χ3v) is 4.23. The lowest BCUT2D eigenvalue weighted by Gasteiger charge is -2.34. The Balaban J connectivity index is 1.50. The van der Waals surface area contributed by atoms with Gasteiger partial charge in [0, 0.05) is 19.6 Å². The average Bonchev–Trinajstić information content (AvgIpc) is 2.93. The van der Waals surface area contributed by atoms with Gasteiger partial charge in [-0.15, -0.1) is 0 Å². The molecule has 2 fully saturated rings. The van der Waals surface area contributed by atoms with Crippen LogP contribution in [0.1, 0.15) is 18.4 Å². The molecule has 0 aliphatic carbocycles. The monoisotopic (exact) mass is 260 g/mol. The van der Waals surface area contributed by atoms with Crippen molar-refractivity contribution in [3.63, 3.8) is 0 Å². The second-order valence-corrected chi connectivity index (χ2v) is 5.81. The van der Waals surface area contributed by atoms with Gasteiger partial charge in [-0.2, -0.15) is 0 Å². The van der Waals surface area contributed by atoms with Crippen molar-refractivity contribution in [2.45, 2.75) is 25.5 Å². The van der Waals surface area contributed by atoms with Gasteiger partial charge in [0.05, 0.1) is 12.7 Å². The maximum Gasteiger partial charge on any atom is 0.0705 e. The molecule has 3 nitrogen and oxygen atoms in total. The summed E-state index contributed by atoms with van der Waals surface area (Å²) in [6.07, 6.45) is 2.97. The summed E-state index contributed by atoms with van der Waals surface area (Å²) in [5.41, 5.74) is 1.41. The summed E-state index contributed by atoms with van der Waals surface area (Å²) < 4.78 is 5.94. The van der Waals surface area contributed by atoms with E-state index in [2.05, 4.69) is 40.5 Å². The highest BCUT2D eigenvalue weighted by Crippen LogP contribution is 2.20. The summed E-state index contributed by atoms with van der Waals surface area (Å²) in [4.78, 5) is 2.53. The van der Waals surface area contributed by atoms with Crippen molar-refractivity contribution in [1.82, 2.24) is 10.2 Å². The first kappa shape index (κ1) is 13.1. The highest BCUT2D eigenvalue weighted by Gasteiger charge is 2.25. The van der Waals surface area contributed by atoms with Crippen molar-refractivity contribution < 1.29 is 4.74 Å². The first-order valence-electron chi connectivity index (χ1n) is 7.49. The lowest BCUT2D eigenvalue weighted by molar-refractivity contribution is -0.0408. The summed E-state index contributed by atoms with van der Waals surface area (Å²) in [6, 6.07) is 10.8. The molecule has 1 N–H and O–H groups in total. The van der Waals surface area contributed by atoms with Crippen LogP contribution in [0.2, 0.25) is 0 Å². The molecule has 0 spiro atoms. The highest BCUT2D eigenvalue weighted by molar-refractivity contribution is 5.14. The minimum atomic E-state index is 0.433. The zero-order chi connectivity index (χ0) is 12.9. The second kappa shape index (κ2) is 6.51. The number of rotatable bonds is 4. The maximum absolute atomic E-state index is 5.94. The molecule has 2 atom stereocenters. The Bertz CT molecular complexity index is 376. The van der Waals surface area contributed by atoms with Gasteiger partial charge in [0.25, 0.3) is 0 Å². The van der Waals surface area contributed by atoms with E-state index in [4.69, 9.17) is 4.74 Å². The molecular weight excluding hydrogens is 236 g/mol. The number of ether oxygens (including phenoxy) is 1. The number of morpholine rings is 1. The van der Waals surface area contributed by atoms with Crippen molar-refractivity contribution in [3.8, 4) is 0 Å². The van der Waals surface area contributed by atoms with Gasteiger partial charge in [0.2, 0.25) is 0 Å². The Morgan fingerprint density at radius 3 is 2.95 bits per heavy atom. The molecule has 3 rings (SSSR count). The molecule has 1 aromatic rings. The SMILES string of the molecule is c1ccc(CN2CCOC(CC3CCNC3)C2)cc1. The maximum atomic E-state index is 5.94. The van der Waals surface area contributed by atoms with E-state index in [9.17, 15) is 0 Å². The van der Waals surface area contributed by atoms with E-state index < -0.39 is 0 Å². The molecule has 1 aromatic carbocycles. The van der Waals surface area contributed by atoms with E-state index >= 15 is 0 Å². The predicted molar refractivity (Wildman–Crippen MR) is 77.1 cm³/mol. The molecule has 0 aromatic heterocycles. The zero-order valence-electron chi connectivity index (χ0n) is 11.6. The van der Waals surface area contributed by atoms with Crippen LogP contribution in [-0.4, -0.2) is 43.8 Å². The van der Waals surface area contributed by atoms with Crippen molar-refractivity contribution in [1.29, 1.82) is 0 Å². The van der Waals surface area contributed by atoms with Crippen LogP contribution in [0.3, 0.4) is 0 Å². The molecule has 2 aliphatic heterocycles. The van der Waals surface area contributed by atoms with Gasteiger partial charge in [0.15, 0.2) is 0 Å². The molecule has 19 heavy (non-hydrogen) atoms. The van der Waals surface area contributed by atoms with Crippen LogP contribution in [0.4, 0.5) is 0 Å². The summed E-state index contributed by atoms with van der Waals surface area (Å²) in [5.74, 6) is 0.821. The van der Waals surface area contributed by atoms with E-state index in [0.717, 1.165) is 32.2 Å². The van der Waals surface area contributed by atoms with Gasteiger partial charge in [-0.3, -0.25) is 4.90 Å². The quantitative estimate of drug-likeness (QED) is 0.894. The fraction of sp³-hybridized carbons (Fsp3) is 0.625. The Labute approximate surface area is 115 Å². The minimum absolute atomic E-state index is 0.433. The Morgan fingerprint density at radius 1 is 1.26 bits per heavy atom. The number of nitrogens with one attached hydrogen (secondary N) is 1. The summed E-state index contributed by atoms with van der Waals surface area (Å²) in [5, 5.41) is 3.44. The number of nitrogens with zero attached hydrogens (tertiary/aromatic N) is 1. The van der Waals surface area contributed by atoms with Crippen molar-refractivity contribution >= 4 is 0 Å². The van der Waals surface area contributed by atoms with Crippen LogP contribution >= 0.6 is 0 Å². The lowest BCUT2D eigenvalue weighted by atomic mass is 9.99. The molecular formula is C16H24N2O. The standard InChI is InChI=1S/C16H24N2O/c1-2-4-14(5-3-1)12-18-8-9-19-16(13-18)10-15-6-7-17-11-15/h1-5,15-17H,6-13H2. The van der Waals surface area contributed by atoms with Gasteiger partial charge in [-0.25, -0.2) is 0 Å². The molecule has 3 heteroatoms. The van der Waals surface area contributed by atoms with Crippen molar-refractivity contribution in [2.24, 2.45) is 5.92 Å². The third-order valence-electron chi connectivity index (χ3n) is 4.23. The Hall–Kier alpha value is -0.900. The summed E-state index contributed by atoms with van der Waals surface area (Å²) in [7, 11) is 0. The first-order valence-corrected chi connectivity index (χ1v) is 7.49. The van der Waals surface area contributed by atoms with E-state index in [-0.39, 0.29) is 0 Å². The van der Waals surface area contributed by atoms with Crippen molar-refractivity contribution in [3.05, 3.63) is 35.9 Å². The van der Waals surface area contributed by atoms with Gasteiger partial charge in [-0.05, 0) is 37.4 Å². The summed E-state index contributed by atoms with van der Waals surface area (Å²) >= 11 is 0.